The molecule has 3 rings (SSSR count). The number of carbonyl (C=O) groups excluding carboxylic acids is 1. The molecule has 1 unspecified atom stereocenters. The predicted octanol–water partition coefficient (Wildman–Crippen LogP) is 0.766. The summed E-state index contributed by atoms with van der Waals surface area (Å²) < 4.78 is 7.11. The molecular formula is C16H21N5O3. The molecule has 2 heterocycles. The number of aliphatic hydroxyl groups excluding tert-OH is 1. The first-order chi connectivity index (χ1) is 11.7. The zero-order valence-corrected chi connectivity index (χ0v) is 13.5. The normalized spacial score (nSPS) is 14.1. The molecule has 0 spiro atoms. The van der Waals surface area contributed by atoms with Crippen LogP contribution in [0.5, 0.6) is 5.75 Å². The highest BCUT2D eigenvalue weighted by molar-refractivity contribution is 5.73. The molecule has 1 aromatic carbocycles. The summed E-state index contributed by atoms with van der Waals surface area (Å²) >= 11 is 0. The van der Waals surface area contributed by atoms with E-state index in [1.807, 2.05) is 4.57 Å². The van der Waals surface area contributed by atoms with Crippen molar-refractivity contribution in [3.63, 3.8) is 0 Å². The lowest BCUT2D eigenvalue weighted by Gasteiger charge is -2.13. The fourth-order valence-corrected chi connectivity index (χ4v) is 2.70. The van der Waals surface area contributed by atoms with Crippen LogP contribution in [0.25, 0.3) is 0 Å². The molecule has 2 amide bonds. The van der Waals surface area contributed by atoms with E-state index >= 15 is 0 Å². The Morgan fingerprint density at radius 2 is 2.12 bits per heavy atom. The van der Waals surface area contributed by atoms with Crippen LogP contribution in [0.2, 0.25) is 0 Å². The molecule has 1 aliphatic rings. The van der Waals surface area contributed by atoms with E-state index in [-0.39, 0.29) is 12.6 Å². The maximum absolute atomic E-state index is 11.9. The number of urea groups is 1. The molecule has 128 valence electrons. The molecule has 0 radical (unpaired) electrons. The highest BCUT2D eigenvalue weighted by Gasteiger charge is 2.17. The Balaban J connectivity index is 1.44. The monoisotopic (exact) mass is 331 g/mol. The van der Waals surface area contributed by atoms with E-state index in [0.717, 1.165) is 36.8 Å². The number of hydrogen-bond acceptors (Lipinski definition) is 5. The minimum absolute atomic E-state index is 0.121. The van der Waals surface area contributed by atoms with E-state index in [1.165, 1.54) is 0 Å². The van der Waals surface area contributed by atoms with Crippen LogP contribution >= 0.6 is 0 Å². The highest BCUT2D eigenvalue weighted by atomic mass is 16.5. The minimum atomic E-state index is -0.779. The first kappa shape index (κ1) is 16.3. The third kappa shape index (κ3) is 3.65. The van der Waals surface area contributed by atoms with E-state index in [2.05, 4.69) is 20.8 Å². The van der Waals surface area contributed by atoms with Gasteiger partial charge in [-0.1, -0.05) is 12.1 Å². The van der Waals surface area contributed by atoms with Gasteiger partial charge in [0.15, 0.2) is 5.82 Å². The molecule has 0 bridgehead atoms. The molecule has 0 saturated heterocycles. The number of nitrogens with one attached hydrogen (secondary N) is 2. The molecule has 3 N–H and O–H groups in total. The summed E-state index contributed by atoms with van der Waals surface area (Å²) in [6.45, 7) is 1.34. The molecule has 2 aromatic rings. The van der Waals surface area contributed by atoms with Crippen LogP contribution in [0.15, 0.2) is 24.3 Å². The van der Waals surface area contributed by atoms with Crippen LogP contribution in [-0.2, 0) is 19.5 Å². The fraction of sp³-hybridized carbons (Fsp3) is 0.438. The molecule has 1 aliphatic heterocycles. The number of aliphatic hydroxyl groups is 1. The molecule has 0 saturated carbocycles. The molecule has 8 heteroatoms. The number of aromatic nitrogens is 3. The molecule has 0 aliphatic carbocycles. The van der Waals surface area contributed by atoms with Crippen molar-refractivity contribution in [1.82, 2.24) is 25.4 Å². The van der Waals surface area contributed by atoms with Gasteiger partial charge in [0.05, 0.1) is 19.8 Å². The predicted molar refractivity (Wildman–Crippen MR) is 86.5 cm³/mol. The third-order valence-electron chi connectivity index (χ3n) is 4.05. The Bertz CT molecular complexity index is 698. The van der Waals surface area contributed by atoms with E-state index < -0.39 is 6.10 Å². The quantitative estimate of drug-likeness (QED) is 0.726. The van der Waals surface area contributed by atoms with Crippen LogP contribution in [0.1, 0.15) is 29.7 Å². The summed E-state index contributed by atoms with van der Waals surface area (Å²) in [5.41, 5.74) is 0.714. The van der Waals surface area contributed by atoms with Gasteiger partial charge < -0.3 is 25.0 Å². The number of hydrogen-bond donors (Lipinski definition) is 3. The Labute approximate surface area is 139 Å². The van der Waals surface area contributed by atoms with Gasteiger partial charge in [0.25, 0.3) is 0 Å². The van der Waals surface area contributed by atoms with Crippen molar-refractivity contribution in [1.29, 1.82) is 0 Å². The lowest BCUT2D eigenvalue weighted by atomic mass is 10.1. The van der Waals surface area contributed by atoms with Crippen molar-refractivity contribution in [3.05, 3.63) is 41.5 Å². The lowest BCUT2D eigenvalue weighted by Crippen LogP contribution is -2.37. The smallest absolute Gasteiger partial charge is 0.315 e. The Morgan fingerprint density at radius 1 is 1.33 bits per heavy atom. The number of rotatable bonds is 6. The van der Waals surface area contributed by atoms with Gasteiger partial charge in [-0.25, -0.2) is 4.79 Å². The van der Waals surface area contributed by atoms with E-state index in [1.54, 1.807) is 31.4 Å². The zero-order chi connectivity index (χ0) is 16.9. The summed E-state index contributed by atoms with van der Waals surface area (Å²) in [7, 11) is 1.59. The minimum Gasteiger partial charge on any atom is -0.497 e. The fourth-order valence-electron chi connectivity index (χ4n) is 2.70. The number of methoxy groups -OCH3 is 1. The van der Waals surface area contributed by atoms with Crippen LogP contribution in [0.4, 0.5) is 4.79 Å². The highest BCUT2D eigenvalue weighted by Crippen LogP contribution is 2.17. The zero-order valence-electron chi connectivity index (χ0n) is 13.5. The van der Waals surface area contributed by atoms with Crippen LogP contribution in [0, 0.1) is 0 Å². The first-order valence-electron chi connectivity index (χ1n) is 7.92. The second kappa shape index (κ2) is 7.31. The number of aryl methyl sites for hydroxylation is 1. The van der Waals surface area contributed by atoms with Gasteiger partial charge in [-0.2, -0.15) is 0 Å². The van der Waals surface area contributed by atoms with Gasteiger partial charge in [0.2, 0.25) is 0 Å². The summed E-state index contributed by atoms with van der Waals surface area (Å²) in [5.74, 6) is 2.45. The molecule has 1 atom stereocenters. The number of fused-ring (bicyclic) bond motifs is 1. The van der Waals surface area contributed by atoms with Crippen LogP contribution < -0.4 is 15.4 Å². The summed E-state index contributed by atoms with van der Waals surface area (Å²) in [6, 6.07) is 6.72. The third-order valence-corrected chi connectivity index (χ3v) is 4.05. The van der Waals surface area contributed by atoms with Crippen LogP contribution in [0.3, 0.4) is 0 Å². The van der Waals surface area contributed by atoms with Crippen LogP contribution in [-0.4, -0.2) is 39.6 Å². The van der Waals surface area contributed by atoms with Crippen molar-refractivity contribution in [2.45, 2.75) is 32.0 Å². The molecule has 24 heavy (non-hydrogen) atoms. The average molecular weight is 331 g/mol. The average Bonchev–Trinajstić information content (AvgIpc) is 3.22. The Kier molecular flexibility index (Phi) is 4.95. The number of nitrogens with zero attached hydrogens (tertiary/aromatic N) is 3. The Morgan fingerprint density at radius 3 is 2.88 bits per heavy atom. The second-order valence-electron chi connectivity index (χ2n) is 5.64. The van der Waals surface area contributed by atoms with Crippen molar-refractivity contribution in [3.8, 4) is 5.75 Å². The lowest BCUT2D eigenvalue weighted by molar-refractivity contribution is 0.173. The van der Waals surface area contributed by atoms with Crippen molar-refractivity contribution in [2.75, 3.05) is 13.7 Å². The maximum Gasteiger partial charge on any atom is 0.315 e. The summed E-state index contributed by atoms with van der Waals surface area (Å²) in [6.07, 6.45) is 1.23. The van der Waals surface area contributed by atoms with Crippen molar-refractivity contribution < 1.29 is 14.6 Å². The van der Waals surface area contributed by atoms with E-state index in [4.69, 9.17) is 4.74 Å². The largest absolute Gasteiger partial charge is 0.497 e. The molecule has 8 nitrogen and oxygen atoms in total. The van der Waals surface area contributed by atoms with Crippen molar-refractivity contribution >= 4 is 6.03 Å². The number of carbonyl (C=O) groups is 1. The van der Waals surface area contributed by atoms with Crippen molar-refractivity contribution in [2.24, 2.45) is 0 Å². The molecule has 1 aromatic heterocycles. The van der Waals surface area contributed by atoms with Gasteiger partial charge in [0.1, 0.15) is 11.6 Å². The SMILES string of the molecule is COc1ccc(C(O)CNC(=O)NCc2nnc3n2CCC3)cc1. The summed E-state index contributed by atoms with van der Waals surface area (Å²) in [4.78, 5) is 11.9. The van der Waals surface area contributed by atoms with Gasteiger partial charge in [0, 0.05) is 19.5 Å². The van der Waals surface area contributed by atoms with E-state index in [0.29, 0.717) is 12.1 Å². The van der Waals surface area contributed by atoms with Gasteiger partial charge in [-0.3, -0.25) is 0 Å². The Hall–Kier alpha value is -2.61. The number of ether oxygens (including phenoxy) is 1. The van der Waals surface area contributed by atoms with Gasteiger partial charge in [-0.05, 0) is 24.1 Å². The second-order valence-corrected chi connectivity index (χ2v) is 5.64. The molecule has 0 fully saturated rings. The maximum atomic E-state index is 11.9. The molecular weight excluding hydrogens is 310 g/mol. The summed E-state index contributed by atoms with van der Waals surface area (Å²) in [5, 5.41) is 23.7. The topological polar surface area (TPSA) is 101 Å². The number of benzene rings is 1. The number of amides is 2. The van der Waals surface area contributed by atoms with Gasteiger partial charge >= 0.3 is 6.03 Å². The van der Waals surface area contributed by atoms with Gasteiger partial charge in [-0.15, -0.1) is 10.2 Å². The first-order valence-corrected chi connectivity index (χ1v) is 7.92. The standard InChI is InChI=1S/C16H21N5O3/c1-24-12-6-4-11(5-7-12)13(22)9-17-16(23)18-10-15-20-19-14-3-2-8-21(14)15/h4-7,13,22H,2-3,8-10H2,1H3,(H2,17,18,23). The van der Waals surface area contributed by atoms with E-state index in [9.17, 15) is 9.90 Å².